The maximum atomic E-state index is 12.0. The van der Waals surface area contributed by atoms with Crippen molar-refractivity contribution < 1.29 is 4.79 Å². The molecule has 0 unspecified atom stereocenters. The minimum absolute atomic E-state index is 0.00410. The first-order valence-corrected chi connectivity index (χ1v) is 6.88. The van der Waals surface area contributed by atoms with E-state index in [-0.39, 0.29) is 17.4 Å². The lowest BCUT2D eigenvalue weighted by Gasteiger charge is -2.31. The van der Waals surface area contributed by atoms with Crippen LogP contribution < -0.4 is 11.1 Å². The van der Waals surface area contributed by atoms with Crippen LogP contribution >= 0.6 is 0 Å². The van der Waals surface area contributed by atoms with E-state index in [1.54, 1.807) is 0 Å². The highest BCUT2D eigenvalue weighted by Crippen LogP contribution is 2.26. The Labute approximate surface area is 106 Å². The lowest BCUT2D eigenvalue weighted by Crippen LogP contribution is -2.52. The fraction of sp³-hybridized carbons (Fsp3) is 0.929. The highest BCUT2D eigenvalue weighted by molar-refractivity contribution is 5.82. The van der Waals surface area contributed by atoms with E-state index in [2.05, 4.69) is 12.2 Å². The first-order valence-electron chi connectivity index (χ1n) is 6.88. The van der Waals surface area contributed by atoms with Crippen LogP contribution in [0.2, 0.25) is 0 Å². The summed E-state index contributed by atoms with van der Waals surface area (Å²) >= 11 is 0. The summed E-state index contributed by atoms with van der Waals surface area (Å²) < 4.78 is 0. The normalized spacial score (nSPS) is 21.9. The number of hydrogen-bond donors (Lipinski definition) is 2. The molecule has 0 radical (unpaired) electrons. The molecule has 0 spiro atoms. The maximum Gasteiger partial charge on any atom is 0.237 e. The van der Waals surface area contributed by atoms with E-state index in [1.165, 1.54) is 32.1 Å². The van der Waals surface area contributed by atoms with Gasteiger partial charge in [-0.25, -0.2) is 0 Å². The lowest BCUT2D eigenvalue weighted by molar-refractivity contribution is -0.125. The van der Waals surface area contributed by atoms with Crippen LogP contribution in [0.3, 0.4) is 0 Å². The van der Waals surface area contributed by atoms with Crippen molar-refractivity contribution in [2.75, 3.05) is 0 Å². The molecule has 0 aliphatic heterocycles. The van der Waals surface area contributed by atoms with E-state index in [1.807, 2.05) is 20.8 Å². The van der Waals surface area contributed by atoms with Gasteiger partial charge in [-0.1, -0.05) is 40.0 Å². The third-order valence-electron chi connectivity index (χ3n) is 3.94. The third-order valence-corrected chi connectivity index (χ3v) is 3.94. The smallest absolute Gasteiger partial charge is 0.237 e. The molecule has 1 aliphatic carbocycles. The fourth-order valence-corrected chi connectivity index (χ4v) is 2.46. The molecule has 0 heterocycles. The zero-order chi connectivity index (χ0) is 13.1. The Bertz CT molecular complexity index is 251. The number of nitrogens with two attached hydrogens (primary N) is 1. The van der Waals surface area contributed by atoms with Gasteiger partial charge in [0.1, 0.15) is 0 Å². The van der Waals surface area contributed by atoms with E-state index in [0.29, 0.717) is 5.92 Å². The quantitative estimate of drug-likeness (QED) is 0.796. The molecule has 3 heteroatoms. The minimum atomic E-state index is -0.423. The summed E-state index contributed by atoms with van der Waals surface area (Å²) in [5, 5.41) is 3.09. The maximum absolute atomic E-state index is 12.0. The zero-order valence-electron chi connectivity index (χ0n) is 11.8. The lowest BCUT2D eigenvalue weighted by atomic mass is 9.83. The van der Waals surface area contributed by atoms with Crippen molar-refractivity contribution in [3.05, 3.63) is 0 Å². The molecule has 1 rings (SSSR count). The van der Waals surface area contributed by atoms with Crippen LogP contribution in [-0.4, -0.2) is 18.0 Å². The van der Waals surface area contributed by atoms with Gasteiger partial charge in [-0.2, -0.15) is 0 Å². The largest absolute Gasteiger partial charge is 0.352 e. The van der Waals surface area contributed by atoms with Gasteiger partial charge in [-0.3, -0.25) is 4.79 Å². The minimum Gasteiger partial charge on any atom is -0.352 e. The summed E-state index contributed by atoms with van der Waals surface area (Å²) in [5.41, 5.74) is 5.79. The van der Waals surface area contributed by atoms with Gasteiger partial charge >= 0.3 is 0 Å². The Kier molecular flexibility index (Phi) is 4.99. The number of hydrogen-bond acceptors (Lipinski definition) is 2. The molecule has 0 aromatic carbocycles. The number of amides is 1. The monoisotopic (exact) mass is 240 g/mol. The van der Waals surface area contributed by atoms with E-state index in [9.17, 15) is 4.79 Å². The van der Waals surface area contributed by atoms with Crippen LogP contribution in [0.1, 0.15) is 59.8 Å². The summed E-state index contributed by atoms with van der Waals surface area (Å²) in [4.78, 5) is 12.0. The highest BCUT2D eigenvalue weighted by Gasteiger charge is 2.29. The first kappa shape index (κ1) is 14.5. The molecule has 0 saturated heterocycles. The molecule has 0 bridgehead atoms. The number of nitrogens with one attached hydrogen (secondary N) is 1. The molecule has 1 fully saturated rings. The molecule has 1 amide bonds. The molecule has 3 nitrogen and oxygen atoms in total. The average Bonchev–Trinajstić information content (AvgIpc) is 2.27. The van der Waals surface area contributed by atoms with E-state index >= 15 is 0 Å². The van der Waals surface area contributed by atoms with Gasteiger partial charge in [0.25, 0.3) is 0 Å². The Hall–Kier alpha value is -0.570. The van der Waals surface area contributed by atoms with Crippen molar-refractivity contribution >= 4 is 5.91 Å². The Morgan fingerprint density at radius 1 is 1.24 bits per heavy atom. The molecule has 3 N–H and O–H groups in total. The van der Waals surface area contributed by atoms with Crippen LogP contribution in [0.5, 0.6) is 0 Å². The van der Waals surface area contributed by atoms with Gasteiger partial charge < -0.3 is 11.1 Å². The van der Waals surface area contributed by atoms with Crippen LogP contribution in [-0.2, 0) is 4.79 Å². The Balaban J connectivity index is 2.44. The van der Waals surface area contributed by atoms with Gasteiger partial charge in [0, 0.05) is 6.04 Å². The van der Waals surface area contributed by atoms with Crippen molar-refractivity contribution in [3.63, 3.8) is 0 Å². The summed E-state index contributed by atoms with van der Waals surface area (Å²) in [6.07, 6.45) is 6.43. The highest BCUT2D eigenvalue weighted by atomic mass is 16.2. The van der Waals surface area contributed by atoms with Crippen LogP contribution in [0, 0.1) is 11.3 Å². The summed E-state index contributed by atoms with van der Waals surface area (Å²) in [6.45, 7) is 8.12. The second kappa shape index (κ2) is 5.85. The van der Waals surface area contributed by atoms with Crippen LogP contribution in [0.25, 0.3) is 0 Å². The molecule has 0 aromatic heterocycles. The molecule has 1 saturated carbocycles. The summed E-state index contributed by atoms with van der Waals surface area (Å²) in [5.74, 6) is 0.635. The second-order valence-electron chi connectivity index (χ2n) is 6.54. The van der Waals surface area contributed by atoms with Crippen LogP contribution in [0.4, 0.5) is 0 Å². The topological polar surface area (TPSA) is 55.1 Å². The zero-order valence-corrected chi connectivity index (χ0v) is 11.8. The summed E-state index contributed by atoms with van der Waals surface area (Å²) in [7, 11) is 0. The van der Waals surface area contributed by atoms with Crippen molar-refractivity contribution in [1.82, 2.24) is 5.32 Å². The number of rotatable bonds is 3. The second-order valence-corrected chi connectivity index (χ2v) is 6.54. The predicted octanol–water partition coefficient (Wildman–Crippen LogP) is 2.44. The molecule has 1 aliphatic rings. The Morgan fingerprint density at radius 3 is 2.24 bits per heavy atom. The van der Waals surface area contributed by atoms with Crippen LogP contribution in [0.15, 0.2) is 0 Å². The average molecular weight is 240 g/mol. The third kappa shape index (κ3) is 4.30. The van der Waals surface area contributed by atoms with Gasteiger partial charge in [0.15, 0.2) is 0 Å². The molecule has 0 aromatic rings. The van der Waals surface area contributed by atoms with E-state index in [0.717, 1.165) is 0 Å². The standard InChI is InChI=1S/C14H28N2O/c1-10(11-8-6-5-7-9-11)16-13(17)12(15)14(2,3)4/h10-12H,5-9,15H2,1-4H3,(H,16,17)/t10-,12+/m1/s1. The van der Waals surface area contributed by atoms with Gasteiger partial charge in [0.05, 0.1) is 6.04 Å². The van der Waals surface area contributed by atoms with Crippen molar-refractivity contribution in [1.29, 1.82) is 0 Å². The number of carbonyl (C=O) groups excluding carboxylic acids is 1. The summed E-state index contributed by atoms with van der Waals surface area (Å²) in [6, 6.07) is -0.162. The van der Waals surface area contributed by atoms with Gasteiger partial charge in [-0.15, -0.1) is 0 Å². The van der Waals surface area contributed by atoms with E-state index < -0.39 is 6.04 Å². The molecule has 2 atom stereocenters. The van der Waals surface area contributed by atoms with Crippen molar-refractivity contribution in [3.8, 4) is 0 Å². The predicted molar refractivity (Wildman–Crippen MR) is 71.6 cm³/mol. The molecule has 100 valence electrons. The first-order chi connectivity index (χ1) is 7.82. The molecular weight excluding hydrogens is 212 g/mol. The SMILES string of the molecule is C[C@@H](NC(=O)[C@H](N)C(C)(C)C)C1CCCCC1. The fourth-order valence-electron chi connectivity index (χ4n) is 2.46. The van der Waals surface area contributed by atoms with Crippen molar-refractivity contribution in [2.45, 2.75) is 71.9 Å². The molecule has 17 heavy (non-hydrogen) atoms. The van der Waals surface area contributed by atoms with Crippen molar-refractivity contribution in [2.24, 2.45) is 17.1 Å². The van der Waals surface area contributed by atoms with Gasteiger partial charge in [-0.05, 0) is 31.1 Å². The van der Waals surface area contributed by atoms with Gasteiger partial charge in [0.2, 0.25) is 5.91 Å². The van der Waals surface area contributed by atoms with E-state index in [4.69, 9.17) is 5.73 Å². The number of carbonyl (C=O) groups is 1. The molecular formula is C14H28N2O. The Morgan fingerprint density at radius 2 is 1.76 bits per heavy atom.